The molecule has 2 aliphatic rings. The van der Waals surface area contributed by atoms with Crippen molar-refractivity contribution in [1.82, 2.24) is 9.47 Å². The molecule has 0 aromatic carbocycles. The summed E-state index contributed by atoms with van der Waals surface area (Å²) >= 11 is 0. The van der Waals surface area contributed by atoms with Crippen LogP contribution in [0.4, 0.5) is 11.5 Å². The Hall–Kier alpha value is -1.26. The molecule has 4 nitrogen and oxygen atoms in total. The van der Waals surface area contributed by atoms with Gasteiger partial charge in [-0.2, -0.15) is 0 Å². The zero-order valence-corrected chi connectivity index (χ0v) is 7.77. The van der Waals surface area contributed by atoms with Gasteiger partial charge < -0.3 is 4.74 Å². The molecule has 72 valence electrons. The molecule has 0 N–H and O–H groups in total. The first kappa shape index (κ1) is 8.08. The number of nitrogens with zero attached hydrogens (tertiary/aromatic N) is 2. The molecule has 0 atom stereocenters. The fourth-order valence-electron chi connectivity index (χ4n) is 2.45. The Morgan fingerprint density at radius 3 is 2.79 bits per heavy atom. The van der Waals surface area contributed by atoms with Crippen LogP contribution in [0.3, 0.4) is 0 Å². The highest BCUT2D eigenvalue weighted by molar-refractivity contribution is 5.98. The summed E-state index contributed by atoms with van der Waals surface area (Å²) in [5.74, 6) is 0.931. The number of morpholine rings is 1. The first-order valence-corrected chi connectivity index (χ1v) is 4.79. The van der Waals surface area contributed by atoms with E-state index in [1.807, 2.05) is 6.07 Å². The van der Waals surface area contributed by atoms with Gasteiger partial charge in [-0.15, -0.1) is 0 Å². The van der Waals surface area contributed by atoms with Crippen molar-refractivity contribution >= 4 is 17.8 Å². The van der Waals surface area contributed by atoms with Gasteiger partial charge in [0, 0.05) is 12.3 Å². The van der Waals surface area contributed by atoms with Crippen LogP contribution in [0.1, 0.15) is 10.4 Å². The van der Waals surface area contributed by atoms with Gasteiger partial charge in [-0.05, 0) is 0 Å². The minimum atomic E-state index is 0.752. The van der Waals surface area contributed by atoms with Crippen LogP contribution in [0.2, 0.25) is 0 Å². The van der Waals surface area contributed by atoms with Gasteiger partial charge >= 0.3 is 0 Å². The molecular weight excluding hydrogens is 180 g/mol. The molecule has 2 aliphatic heterocycles. The van der Waals surface area contributed by atoms with Gasteiger partial charge in [0.15, 0.2) is 17.5 Å². The number of hydrogen-bond acceptors (Lipinski definition) is 3. The molecule has 0 amide bonds. The van der Waals surface area contributed by atoms with Crippen molar-refractivity contribution in [2.75, 3.05) is 26.3 Å². The first-order chi connectivity index (χ1) is 6.88. The Labute approximate surface area is 81.7 Å². The maximum atomic E-state index is 10.8. The zero-order chi connectivity index (χ0) is 9.60. The second-order valence-electron chi connectivity index (χ2n) is 3.71. The van der Waals surface area contributed by atoms with E-state index < -0.39 is 0 Å². The van der Waals surface area contributed by atoms with Crippen LogP contribution in [0.5, 0.6) is 0 Å². The van der Waals surface area contributed by atoms with Crippen molar-refractivity contribution in [1.29, 1.82) is 0 Å². The van der Waals surface area contributed by atoms with E-state index in [0.29, 0.717) is 0 Å². The SMILES string of the molecule is O=Cc1c2ccnc1[N+]21CCOCC1. The maximum absolute atomic E-state index is 10.8. The van der Waals surface area contributed by atoms with Crippen LogP contribution >= 0.6 is 0 Å². The van der Waals surface area contributed by atoms with Gasteiger partial charge in [0.2, 0.25) is 5.82 Å². The standard InChI is InChI=1S/C10H11N2O2/c13-7-8-9-1-2-11-10(8)12(9)3-5-14-6-4-12/h1-2,7H,3-6H2/q+1. The van der Waals surface area contributed by atoms with Gasteiger partial charge in [-0.25, -0.2) is 9.47 Å². The van der Waals surface area contributed by atoms with E-state index in [0.717, 1.165) is 54.1 Å². The monoisotopic (exact) mass is 191 g/mol. The molecule has 3 rings (SSSR count). The summed E-state index contributed by atoms with van der Waals surface area (Å²) in [6.45, 7) is 3.33. The molecule has 0 unspecified atom stereocenters. The molecule has 1 spiro atoms. The highest BCUT2D eigenvalue weighted by Gasteiger charge is 2.50. The van der Waals surface area contributed by atoms with E-state index in [2.05, 4.69) is 4.98 Å². The van der Waals surface area contributed by atoms with E-state index in [1.165, 1.54) is 0 Å². The predicted octanol–water partition coefficient (Wildman–Crippen LogP) is 0.877. The summed E-state index contributed by atoms with van der Waals surface area (Å²) in [7, 11) is 0. The van der Waals surface area contributed by atoms with Crippen LogP contribution in [0.25, 0.3) is 0 Å². The summed E-state index contributed by atoms with van der Waals surface area (Å²) in [6.07, 6.45) is 2.69. The average molecular weight is 191 g/mol. The van der Waals surface area contributed by atoms with Crippen LogP contribution in [0.15, 0.2) is 12.3 Å². The Kier molecular flexibility index (Phi) is 1.51. The molecule has 0 saturated carbocycles. The highest BCUT2D eigenvalue weighted by Crippen LogP contribution is 2.48. The molecule has 1 aromatic heterocycles. The molecule has 3 heterocycles. The summed E-state index contributed by atoms with van der Waals surface area (Å²) < 4.78 is 6.10. The number of quaternary nitrogens is 1. The van der Waals surface area contributed by atoms with Crippen molar-refractivity contribution in [3.8, 4) is 0 Å². The minimum absolute atomic E-state index is 0.752. The molecule has 14 heavy (non-hydrogen) atoms. The summed E-state index contributed by atoms with van der Waals surface area (Å²) in [5.41, 5.74) is 1.91. The van der Waals surface area contributed by atoms with Gasteiger partial charge in [0.1, 0.15) is 13.1 Å². The number of fused-ring (bicyclic) bond motifs is 4. The number of aromatic nitrogens is 1. The molecule has 2 bridgehead atoms. The second kappa shape index (κ2) is 2.62. The Morgan fingerprint density at radius 1 is 1.43 bits per heavy atom. The number of carbonyl (C=O) groups is 1. The van der Waals surface area contributed by atoms with Gasteiger partial charge in [-0.3, -0.25) is 4.79 Å². The van der Waals surface area contributed by atoms with Crippen molar-refractivity contribution < 1.29 is 9.53 Å². The van der Waals surface area contributed by atoms with Crippen molar-refractivity contribution in [3.05, 3.63) is 17.8 Å². The third-order valence-electron chi connectivity index (χ3n) is 3.17. The lowest BCUT2D eigenvalue weighted by molar-refractivity contribution is 0.0572. The Balaban J connectivity index is 2.08. The van der Waals surface area contributed by atoms with E-state index in [-0.39, 0.29) is 0 Å². The first-order valence-electron chi connectivity index (χ1n) is 4.79. The van der Waals surface area contributed by atoms with Crippen LogP contribution in [-0.2, 0) is 4.74 Å². The number of carbonyl (C=O) groups excluding carboxylic acids is 1. The summed E-state index contributed by atoms with van der Waals surface area (Å²) in [5, 5.41) is 0. The number of hydrogen-bond donors (Lipinski definition) is 0. The Bertz CT molecular complexity index is 373. The number of aldehydes is 1. The highest BCUT2D eigenvalue weighted by atomic mass is 16.5. The lowest BCUT2D eigenvalue weighted by Crippen LogP contribution is -2.58. The summed E-state index contributed by atoms with van der Waals surface area (Å²) in [6, 6.07) is 1.95. The topological polar surface area (TPSA) is 39.2 Å². The second-order valence-corrected chi connectivity index (χ2v) is 3.71. The molecule has 1 aromatic rings. The fourth-order valence-corrected chi connectivity index (χ4v) is 2.45. The maximum Gasteiger partial charge on any atom is 0.249 e. The number of pyridine rings is 1. The quantitative estimate of drug-likeness (QED) is 0.488. The zero-order valence-electron chi connectivity index (χ0n) is 7.77. The predicted molar refractivity (Wildman–Crippen MR) is 51.6 cm³/mol. The van der Waals surface area contributed by atoms with E-state index in [9.17, 15) is 4.79 Å². The van der Waals surface area contributed by atoms with E-state index in [1.54, 1.807) is 6.20 Å². The molecule has 1 fully saturated rings. The summed E-state index contributed by atoms with van der Waals surface area (Å²) in [4.78, 5) is 15.1. The fraction of sp³-hybridized carbons (Fsp3) is 0.400. The van der Waals surface area contributed by atoms with Crippen molar-refractivity contribution in [3.63, 3.8) is 0 Å². The van der Waals surface area contributed by atoms with Crippen molar-refractivity contribution in [2.24, 2.45) is 0 Å². The molecule has 4 heteroatoms. The normalized spacial score (nSPS) is 21.7. The molecule has 0 radical (unpaired) electrons. The minimum Gasteiger partial charge on any atom is -0.370 e. The van der Waals surface area contributed by atoms with Crippen LogP contribution in [-0.4, -0.2) is 37.6 Å². The van der Waals surface area contributed by atoms with E-state index >= 15 is 0 Å². The average Bonchev–Trinajstić information content (AvgIpc) is 2.29. The largest absolute Gasteiger partial charge is 0.370 e. The third kappa shape index (κ3) is 0.755. The van der Waals surface area contributed by atoms with Gasteiger partial charge in [0.25, 0.3) is 0 Å². The lowest BCUT2D eigenvalue weighted by atomic mass is 10.0. The van der Waals surface area contributed by atoms with Crippen molar-refractivity contribution in [2.45, 2.75) is 0 Å². The smallest absolute Gasteiger partial charge is 0.249 e. The number of ether oxygens (including phenoxy) is 1. The van der Waals surface area contributed by atoms with Crippen LogP contribution < -0.4 is 4.48 Å². The molecule has 0 aliphatic carbocycles. The molecule has 1 saturated heterocycles. The van der Waals surface area contributed by atoms with Crippen LogP contribution in [0, 0.1) is 0 Å². The third-order valence-corrected chi connectivity index (χ3v) is 3.17. The van der Waals surface area contributed by atoms with Gasteiger partial charge in [0.05, 0.1) is 13.2 Å². The molecular formula is C10H11N2O2+. The number of rotatable bonds is 1. The van der Waals surface area contributed by atoms with E-state index in [4.69, 9.17) is 4.74 Å². The lowest BCUT2D eigenvalue weighted by Gasteiger charge is -2.45. The Morgan fingerprint density at radius 2 is 2.21 bits per heavy atom. The van der Waals surface area contributed by atoms with Gasteiger partial charge in [-0.1, -0.05) is 0 Å².